The number of hydrogen-bond donors (Lipinski definition) is 2. The Kier molecular flexibility index (Phi) is 3.46. The van der Waals surface area contributed by atoms with E-state index in [0.29, 0.717) is 17.5 Å². The predicted molar refractivity (Wildman–Crippen MR) is 80.6 cm³/mol. The topological polar surface area (TPSA) is 24.1 Å². The van der Waals surface area contributed by atoms with E-state index in [1.54, 1.807) is 0 Å². The van der Waals surface area contributed by atoms with Crippen molar-refractivity contribution < 1.29 is 0 Å². The highest BCUT2D eigenvalue weighted by Crippen LogP contribution is 2.52. The molecule has 0 radical (unpaired) electrons. The predicted octanol–water partition coefficient (Wildman–Crippen LogP) is 3.59. The van der Waals surface area contributed by atoms with Gasteiger partial charge < -0.3 is 0 Å². The summed E-state index contributed by atoms with van der Waals surface area (Å²) in [6, 6.07) is 1.36. The molecule has 0 aromatic heterocycles. The fraction of sp³-hybridized carbons (Fsp3) is 1.00. The molecule has 3 fully saturated rings. The van der Waals surface area contributed by atoms with Crippen molar-refractivity contribution in [3.8, 4) is 0 Å². The fourth-order valence-corrected chi connectivity index (χ4v) is 5.52. The van der Waals surface area contributed by atoms with E-state index in [1.807, 2.05) is 0 Å². The molecular weight excluding hydrogens is 232 g/mol. The van der Waals surface area contributed by atoms with Gasteiger partial charge in [0.25, 0.3) is 0 Å². The monoisotopic (exact) mass is 264 g/mol. The molecule has 1 saturated heterocycles. The van der Waals surface area contributed by atoms with Crippen LogP contribution in [0.3, 0.4) is 0 Å². The van der Waals surface area contributed by atoms with Crippen LogP contribution in [-0.4, -0.2) is 12.1 Å². The third-order valence-electron chi connectivity index (χ3n) is 6.64. The molecule has 0 aromatic carbocycles. The van der Waals surface area contributed by atoms with Crippen LogP contribution in [0.4, 0.5) is 0 Å². The maximum atomic E-state index is 3.66. The molecule has 0 aromatic rings. The molecule has 19 heavy (non-hydrogen) atoms. The lowest BCUT2D eigenvalue weighted by Crippen LogP contribution is -2.47. The van der Waals surface area contributed by atoms with Crippen LogP contribution in [0.25, 0.3) is 0 Å². The van der Waals surface area contributed by atoms with Gasteiger partial charge >= 0.3 is 0 Å². The van der Waals surface area contributed by atoms with Gasteiger partial charge in [0.15, 0.2) is 0 Å². The van der Waals surface area contributed by atoms with Crippen LogP contribution in [0, 0.1) is 35.0 Å². The van der Waals surface area contributed by atoms with Crippen molar-refractivity contribution in [1.29, 1.82) is 0 Å². The Labute approximate surface area is 119 Å². The molecule has 3 aliphatic rings. The van der Waals surface area contributed by atoms with Gasteiger partial charge in [-0.1, -0.05) is 34.6 Å². The zero-order chi connectivity index (χ0) is 13.8. The molecule has 6 atom stereocenters. The SMILES string of the molecule is CC1CC2CC(C1)C(C)(C)C1CC(NN1)C2C(C)C. The number of hydrogen-bond acceptors (Lipinski definition) is 2. The van der Waals surface area contributed by atoms with Gasteiger partial charge in [-0.15, -0.1) is 0 Å². The quantitative estimate of drug-likeness (QED) is 0.756. The first-order valence-corrected chi connectivity index (χ1v) is 8.40. The average Bonchev–Trinajstić information content (AvgIpc) is 2.77. The molecule has 3 rings (SSSR count). The molecule has 1 aliphatic heterocycles. The third kappa shape index (κ3) is 2.25. The first-order valence-electron chi connectivity index (χ1n) is 8.40. The molecule has 6 unspecified atom stereocenters. The van der Waals surface area contributed by atoms with Gasteiger partial charge in [-0.3, -0.25) is 10.9 Å². The van der Waals surface area contributed by atoms with Crippen molar-refractivity contribution >= 4 is 0 Å². The van der Waals surface area contributed by atoms with Crippen LogP contribution < -0.4 is 10.9 Å². The molecule has 2 heteroatoms. The van der Waals surface area contributed by atoms with Crippen molar-refractivity contribution in [2.75, 3.05) is 0 Å². The van der Waals surface area contributed by atoms with E-state index < -0.39 is 0 Å². The molecule has 2 saturated carbocycles. The molecule has 2 aliphatic carbocycles. The Bertz CT molecular complexity index is 336. The van der Waals surface area contributed by atoms with E-state index in [4.69, 9.17) is 0 Å². The van der Waals surface area contributed by atoms with Gasteiger partial charge in [0.05, 0.1) is 0 Å². The normalized spacial score (nSPS) is 48.9. The van der Waals surface area contributed by atoms with E-state index in [-0.39, 0.29) is 0 Å². The van der Waals surface area contributed by atoms with E-state index >= 15 is 0 Å². The summed E-state index contributed by atoms with van der Waals surface area (Å²) in [5.74, 6) is 4.42. The van der Waals surface area contributed by atoms with Crippen LogP contribution >= 0.6 is 0 Å². The van der Waals surface area contributed by atoms with E-state index in [0.717, 1.165) is 29.6 Å². The minimum atomic E-state index is 0.441. The molecule has 1 heterocycles. The number of hydrazine groups is 1. The van der Waals surface area contributed by atoms with Gasteiger partial charge in [0.1, 0.15) is 0 Å². The van der Waals surface area contributed by atoms with Crippen LogP contribution in [0.5, 0.6) is 0 Å². The summed E-state index contributed by atoms with van der Waals surface area (Å²) in [5.41, 5.74) is 7.76. The van der Waals surface area contributed by atoms with E-state index in [9.17, 15) is 0 Å². The molecule has 4 bridgehead atoms. The summed E-state index contributed by atoms with van der Waals surface area (Å²) in [4.78, 5) is 0. The standard InChI is InChI=1S/C17H32N2/c1-10(2)16-12-6-11(3)7-13(8-12)17(4,5)15-9-14(16)18-19-15/h10-16,18-19H,6-9H2,1-5H3. The van der Waals surface area contributed by atoms with Crippen molar-refractivity contribution in [3.05, 3.63) is 0 Å². The molecular formula is C17H32N2. The smallest absolute Gasteiger partial charge is 0.0282 e. The van der Waals surface area contributed by atoms with Crippen LogP contribution in [0.2, 0.25) is 0 Å². The average molecular weight is 264 g/mol. The Morgan fingerprint density at radius 2 is 1.74 bits per heavy atom. The number of fused-ring (bicyclic) bond motifs is 4. The Balaban J connectivity index is 1.94. The van der Waals surface area contributed by atoms with Gasteiger partial charge in [-0.25, -0.2) is 0 Å². The number of nitrogens with one attached hydrogen (secondary N) is 2. The van der Waals surface area contributed by atoms with Gasteiger partial charge in [-0.05, 0) is 60.7 Å². The van der Waals surface area contributed by atoms with Crippen molar-refractivity contribution in [1.82, 2.24) is 10.9 Å². The zero-order valence-corrected chi connectivity index (χ0v) is 13.4. The Morgan fingerprint density at radius 1 is 1.00 bits per heavy atom. The summed E-state index contributed by atoms with van der Waals surface area (Å²) in [6.07, 6.45) is 5.70. The van der Waals surface area contributed by atoms with Gasteiger partial charge in [0, 0.05) is 12.1 Å². The maximum absolute atomic E-state index is 3.66. The van der Waals surface area contributed by atoms with Crippen molar-refractivity contribution in [3.63, 3.8) is 0 Å². The summed E-state index contributed by atoms with van der Waals surface area (Å²) in [6.45, 7) is 12.4. The highest BCUT2D eigenvalue weighted by Gasteiger charge is 2.50. The first kappa shape index (κ1) is 13.9. The largest absolute Gasteiger partial charge is 0.254 e. The minimum absolute atomic E-state index is 0.441. The second-order valence-corrected chi connectivity index (χ2v) is 8.60. The Morgan fingerprint density at radius 3 is 2.42 bits per heavy atom. The Hall–Kier alpha value is -0.0800. The van der Waals surface area contributed by atoms with Crippen LogP contribution in [0.1, 0.15) is 60.3 Å². The molecule has 110 valence electrons. The van der Waals surface area contributed by atoms with E-state index in [1.165, 1.54) is 25.7 Å². The van der Waals surface area contributed by atoms with Crippen LogP contribution in [-0.2, 0) is 0 Å². The maximum Gasteiger partial charge on any atom is 0.0282 e. The summed E-state index contributed by atoms with van der Waals surface area (Å²) in [5, 5.41) is 0. The summed E-state index contributed by atoms with van der Waals surface area (Å²) >= 11 is 0. The lowest BCUT2D eigenvalue weighted by Gasteiger charge is -2.49. The second kappa shape index (κ2) is 4.73. The third-order valence-corrected chi connectivity index (χ3v) is 6.64. The highest BCUT2D eigenvalue weighted by molar-refractivity contribution is 5.03. The minimum Gasteiger partial charge on any atom is -0.254 e. The van der Waals surface area contributed by atoms with Crippen LogP contribution in [0.15, 0.2) is 0 Å². The second-order valence-electron chi connectivity index (χ2n) is 8.60. The lowest BCUT2D eigenvalue weighted by molar-refractivity contribution is 0.0187. The first-order chi connectivity index (χ1) is 8.89. The zero-order valence-electron chi connectivity index (χ0n) is 13.4. The van der Waals surface area contributed by atoms with Gasteiger partial charge in [-0.2, -0.15) is 0 Å². The molecule has 0 spiro atoms. The van der Waals surface area contributed by atoms with Gasteiger partial charge in [0.2, 0.25) is 0 Å². The van der Waals surface area contributed by atoms with Crippen molar-refractivity contribution in [2.45, 2.75) is 72.4 Å². The summed E-state index contributed by atoms with van der Waals surface area (Å²) in [7, 11) is 0. The van der Waals surface area contributed by atoms with E-state index in [2.05, 4.69) is 45.5 Å². The molecule has 2 nitrogen and oxygen atoms in total. The molecule has 0 amide bonds. The van der Waals surface area contributed by atoms with Crippen molar-refractivity contribution in [2.24, 2.45) is 35.0 Å². The number of rotatable bonds is 1. The lowest BCUT2D eigenvalue weighted by atomic mass is 9.56. The fourth-order valence-electron chi connectivity index (χ4n) is 5.52. The molecule has 2 N–H and O–H groups in total. The highest BCUT2D eigenvalue weighted by atomic mass is 15.4. The summed E-state index contributed by atoms with van der Waals surface area (Å²) < 4.78 is 0.